The molecule has 0 heterocycles. The highest BCUT2D eigenvalue weighted by Gasteiger charge is 2.12. The summed E-state index contributed by atoms with van der Waals surface area (Å²) in [7, 11) is 1.35. The first-order valence-electron chi connectivity index (χ1n) is 11.5. The molecule has 0 radical (unpaired) electrons. The Kier molecular flexibility index (Phi) is 12.4. The molecule has 5 N–H and O–H groups in total. The molecule has 4 aromatic carbocycles. The van der Waals surface area contributed by atoms with Gasteiger partial charge in [-0.25, -0.2) is 23.2 Å². The van der Waals surface area contributed by atoms with E-state index in [0.29, 0.717) is 16.9 Å². The molecule has 0 bridgehead atoms. The summed E-state index contributed by atoms with van der Waals surface area (Å²) in [6.45, 7) is 0. The molecule has 13 heteroatoms. The number of benzene rings is 4. The van der Waals surface area contributed by atoms with Crippen LogP contribution in [0.2, 0.25) is 10.0 Å². The summed E-state index contributed by atoms with van der Waals surface area (Å²) in [6.07, 6.45) is 0. The van der Waals surface area contributed by atoms with Crippen LogP contribution >= 0.6 is 23.2 Å². The van der Waals surface area contributed by atoms with Gasteiger partial charge in [-0.1, -0.05) is 23.2 Å². The van der Waals surface area contributed by atoms with Crippen LogP contribution in [-0.4, -0.2) is 41.1 Å². The predicted octanol–water partition coefficient (Wildman–Crippen LogP) is 6.66. The van der Waals surface area contributed by atoms with E-state index in [-0.39, 0.29) is 32.7 Å². The monoisotopic (exact) mass is 618 g/mol. The van der Waals surface area contributed by atoms with Crippen molar-refractivity contribution in [2.45, 2.75) is 0 Å². The van der Waals surface area contributed by atoms with E-state index in [1.165, 1.54) is 43.5 Å². The number of rotatable bonds is 5. The predicted molar refractivity (Wildman–Crippen MR) is 153 cm³/mol. The third kappa shape index (κ3) is 10.2. The van der Waals surface area contributed by atoms with Crippen molar-refractivity contribution in [2.75, 3.05) is 18.2 Å². The number of nitrogen functional groups attached to an aromatic ring is 1. The lowest BCUT2D eigenvalue weighted by Crippen LogP contribution is -2.13. The van der Waals surface area contributed by atoms with Crippen LogP contribution in [0.25, 0.3) is 0 Å². The number of halogens is 4. The van der Waals surface area contributed by atoms with Crippen molar-refractivity contribution in [3.8, 4) is 0 Å². The van der Waals surface area contributed by atoms with Crippen LogP contribution in [0.3, 0.4) is 0 Å². The summed E-state index contributed by atoms with van der Waals surface area (Å²) < 4.78 is 30.0. The molecular weight excluding hydrogens is 597 g/mol. The molecule has 9 nitrogen and oxygen atoms in total. The van der Waals surface area contributed by atoms with Crippen LogP contribution in [0.15, 0.2) is 84.9 Å². The highest BCUT2D eigenvalue weighted by molar-refractivity contribution is 6.34. The number of esters is 1. The summed E-state index contributed by atoms with van der Waals surface area (Å²) in [4.78, 5) is 43.8. The molecule has 0 atom stereocenters. The minimum atomic E-state index is -1.23. The Hall–Kier alpha value is -5.00. The largest absolute Gasteiger partial charge is 0.478 e. The second-order valence-corrected chi connectivity index (χ2v) is 8.82. The van der Waals surface area contributed by atoms with Gasteiger partial charge >= 0.3 is 17.9 Å². The van der Waals surface area contributed by atoms with E-state index in [1.807, 2.05) is 0 Å². The van der Waals surface area contributed by atoms with Crippen molar-refractivity contribution in [2.24, 2.45) is 0 Å². The first-order chi connectivity index (χ1) is 19.8. The minimum Gasteiger partial charge on any atom is -0.478 e. The van der Waals surface area contributed by atoms with Gasteiger partial charge in [0.1, 0.15) is 11.6 Å². The molecule has 0 saturated heterocycles. The second-order valence-electron chi connectivity index (χ2n) is 8.00. The number of aromatic carboxylic acids is 2. The topological polar surface area (TPSA) is 156 Å². The highest BCUT2D eigenvalue weighted by atomic mass is 35.5. The Morgan fingerprint density at radius 1 is 0.714 bits per heavy atom. The third-order valence-electron chi connectivity index (χ3n) is 5.05. The number of carbonyl (C=O) groups excluding carboxylic acids is 2. The molecule has 0 aliphatic heterocycles. The minimum absolute atomic E-state index is 0.00831. The van der Waals surface area contributed by atoms with E-state index in [1.54, 1.807) is 24.3 Å². The number of hydrogen-bond acceptors (Lipinski definition) is 6. The molecule has 42 heavy (non-hydrogen) atoms. The Labute approximate surface area is 248 Å². The van der Waals surface area contributed by atoms with Gasteiger partial charge < -0.3 is 26.0 Å². The Morgan fingerprint density at radius 2 is 1.19 bits per heavy atom. The average Bonchev–Trinajstić information content (AvgIpc) is 2.96. The van der Waals surface area contributed by atoms with E-state index in [2.05, 4.69) is 10.1 Å². The molecule has 218 valence electrons. The van der Waals surface area contributed by atoms with Crippen molar-refractivity contribution in [3.63, 3.8) is 0 Å². The van der Waals surface area contributed by atoms with Crippen molar-refractivity contribution in [1.82, 2.24) is 0 Å². The molecule has 0 saturated carbocycles. The zero-order valence-corrected chi connectivity index (χ0v) is 23.1. The zero-order chi connectivity index (χ0) is 31.4. The van der Waals surface area contributed by atoms with E-state index in [0.717, 1.165) is 24.3 Å². The fourth-order valence-corrected chi connectivity index (χ4v) is 3.37. The summed E-state index contributed by atoms with van der Waals surface area (Å²) in [5.74, 6) is -4.37. The lowest BCUT2D eigenvalue weighted by Gasteiger charge is -2.07. The van der Waals surface area contributed by atoms with Gasteiger partial charge in [0.15, 0.2) is 0 Å². The van der Waals surface area contributed by atoms with E-state index >= 15 is 0 Å². The Bertz CT molecular complexity index is 1580. The number of carboxylic acids is 2. The maximum Gasteiger partial charge on any atom is 0.337 e. The Morgan fingerprint density at radius 3 is 1.64 bits per heavy atom. The molecule has 0 unspecified atom stereocenters. The zero-order valence-electron chi connectivity index (χ0n) is 21.6. The maximum absolute atomic E-state index is 13.1. The van der Waals surface area contributed by atoms with Gasteiger partial charge in [-0.05, 0) is 84.9 Å². The van der Waals surface area contributed by atoms with Gasteiger partial charge in [-0.3, -0.25) is 4.79 Å². The van der Waals surface area contributed by atoms with Crippen molar-refractivity contribution in [1.29, 1.82) is 0 Å². The molecule has 4 rings (SSSR count). The number of carbonyl (C=O) groups is 4. The molecule has 0 fully saturated rings. The van der Waals surface area contributed by atoms with Crippen molar-refractivity contribution < 1.29 is 42.9 Å². The SMILES string of the molecule is COC(=O)c1ccc(N)cc1.O=C(O)c1cc(F)ccc1Cl.O=C(O)c1ccc(NC(=O)c2cc(F)ccc2Cl)cc1. The summed E-state index contributed by atoms with van der Waals surface area (Å²) in [5.41, 5.74) is 6.85. The van der Waals surface area contributed by atoms with Crippen LogP contribution in [0.4, 0.5) is 20.2 Å². The first kappa shape index (κ1) is 33.2. The van der Waals surface area contributed by atoms with Gasteiger partial charge in [0.05, 0.1) is 39.4 Å². The molecule has 0 aliphatic rings. The molecule has 0 spiro atoms. The van der Waals surface area contributed by atoms with Gasteiger partial charge in [0.25, 0.3) is 5.91 Å². The number of carboxylic acid groups (broad SMARTS) is 2. The quantitative estimate of drug-likeness (QED) is 0.143. The number of nitrogens with one attached hydrogen (secondary N) is 1. The van der Waals surface area contributed by atoms with Gasteiger partial charge in [-0.2, -0.15) is 0 Å². The van der Waals surface area contributed by atoms with Crippen molar-refractivity contribution in [3.05, 3.63) is 129 Å². The number of nitrogens with two attached hydrogens (primary N) is 1. The molecule has 0 aliphatic carbocycles. The van der Waals surface area contributed by atoms with Crippen LogP contribution in [0.1, 0.15) is 41.4 Å². The molecule has 1 amide bonds. The van der Waals surface area contributed by atoms with Gasteiger partial charge in [0, 0.05) is 11.4 Å². The van der Waals surface area contributed by atoms with Crippen LogP contribution in [0, 0.1) is 11.6 Å². The van der Waals surface area contributed by atoms with Crippen molar-refractivity contribution >= 4 is 58.4 Å². The fourth-order valence-electron chi connectivity index (χ4n) is 2.96. The van der Waals surface area contributed by atoms with Gasteiger partial charge in [-0.15, -0.1) is 0 Å². The fraction of sp³-hybridized carbons (Fsp3) is 0.0345. The van der Waals surface area contributed by atoms with Crippen LogP contribution < -0.4 is 11.1 Å². The maximum atomic E-state index is 13.1. The first-order valence-corrected chi connectivity index (χ1v) is 12.3. The third-order valence-corrected chi connectivity index (χ3v) is 5.71. The number of amides is 1. The average molecular weight is 619 g/mol. The smallest absolute Gasteiger partial charge is 0.337 e. The molecular formula is C29H22Cl2F2N2O7. The summed E-state index contributed by atoms with van der Waals surface area (Å²) in [5, 5.41) is 19.9. The number of hydrogen-bond donors (Lipinski definition) is 4. The normalized spacial score (nSPS) is 9.74. The standard InChI is InChI=1S/C14H9ClFNO3.C8H9NO2.C7H4ClFO2/c15-12-6-3-9(16)7-11(12)13(18)17-10-4-1-8(2-5-10)14(19)20;1-11-8(10)6-2-4-7(9)5-3-6;8-6-2-1-4(9)3-5(6)7(10)11/h1-7H,(H,17,18)(H,19,20);2-5H,9H2,1H3;1-3H,(H,10,11). The molecule has 0 aromatic heterocycles. The number of ether oxygens (including phenoxy) is 1. The second kappa shape index (κ2) is 15.7. The summed E-state index contributed by atoms with van der Waals surface area (Å²) >= 11 is 11.3. The number of anilines is 2. The highest BCUT2D eigenvalue weighted by Crippen LogP contribution is 2.19. The lowest BCUT2D eigenvalue weighted by atomic mass is 10.1. The van der Waals surface area contributed by atoms with E-state index < -0.39 is 29.5 Å². The Balaban J connectivity index is 0.000000239. The lowest BCUT2D eigenvalue weighted by molar-refractivity contribution is 0.0599. The van der Waals surface area contributed by atoms with Crippen LogP contribution in [-0.2, 0) is 4.74 Å². The number of methoxy groups -OCH3 is 1. The van der Waals surface area contributed by atoms with Crippen LogP contribution in [0.5, 0.6) is 0 Å². The van der Waals surface area contributed by atoms with Gasteiger partial charge in [0.2, 0.25) is 0 Å². The van der Waals surface area contributed by atoms with E-state index in [4.69, 9.17) is 39.1 Å². The molecule has 4 aromatic rings. The van der Waals surface area contributed by atoms with E-state index in [9.17, 15) is 28.0 Å². The summed E-state index contributed by atoms with van der Waals surface area (Å²) in [6, 6.07) is 18.8.